The summed E-state index contributed by atoms with van der Waals surface area (Å²) in [5, 5.41) is 18.9. The fourth-order valence-electron chi connectivity index (χ4n) is 1.81. The average molecular weight is 402 g/mol. The van der Waals surface area contributed by atoms with E-state index < -0.39 is 11.9 Å². The van der Waals surface area contributed by atoms with E-state index in [9.17, 15) is 0 Å². The van der Waals surface area contributed by atoms with Crippen LogP contribution in [0.2, 0.25) is 5.02 Å². The van der Waals surface area contributed by atoms with Gasteiger partial charge in [-0.3, -0.25) is 0 Å². The van der Waals surface area contributed by atoms with E-state index in [1.54, 1.807) is 0 Å². The Bertz CT molecular complexity index is 601. The fourth-order valence-corrected chi connectivity index (χ4v) is 2.01. The molecule has 1 rings (SSSR count). The standard InChI is InChI=1S/C17H26ClNO2.C2H2O4/c1-5-6-14-13-15(18)7-8-16(14)21-12-11-20-10-9-19-17(2,3)4;3-1(4)2(5)6/h5,7-8,13,19H,1,6,9-12H2,2-4H3;(H,3,4)(H,5,6). The molecule has 7 nitrogen and oxygen atoms in total. The highest BCUT2D eigenvalue weighted by Crippen LogP contribution is 2.23. The molecule has 0 saturated heterocycles. The Labute approximate surface area is 164 Å². The molecule has 1 aromatic rings. The summed E-state index contributed by atoms with van der Waals surface area (Å²) < 4.78 is 11.3. The van der Waals surface area contributed by atoms with Crippen LogP contribution in [0.4, 0.5) is 0 Å². The van der Waals surface area contributed by atoms with Crippen molar-refractivity contribution in [1.29, 1.82) is 0 Å². The predicted octanol–water partition coefficient (Wildman–Crippen LogP) is 3.01. The number of hydrogen-bond acceptors (Lipinski definition) is 5. The minimum absolute atomic E-state index is 0.128. The molecule has 0 amide bonds. The zero-order valence-corrected chi connectivity index (χ0v) is 16.7. The summed E-state index contributed by atoms with van der Waals surface area (Å²) >= 11 is 5.99. The fraction of sp³-hybridized carbons (Fsp3) is 0.474. The van der Waals surface area contributed by atoms with Crippen molar-refractivity contribution >= 4 is 23.5 Å². The molecule has 0 atom stereocenters. The minimum atomic E-state index is -1.82. The highest BCUT2D eigenvalue weighted by Gasteiger charge is 2.07. The first kappa shape index (κ1) is 24.9. The largest absolute Gasteiger partial charge is 0.491 e. The molecule has 0 heterocycles. The van der Waals surface area contributed by atoms with Crippen LogP contribution in [0.3, 0.4) is 0 Å². The van der Waals surface area contributed by atoms with Gasteiger partial charge in [0, 0.05) is 17.1 Å². The van der Waals surface area contributed by atoms with Crippen molar-refractivity contribution in [3.05, 3.63) is 41.4 Å². The number of benzene rings is 1. The van der Waals surface area contributed by atoms with E-state index in [4.69, 9.17) is 40.9 Å². The van der Waals surface area contributed by atoms with Crippen LogP contribution >= 0.6 is 11.6 Å². The van der Waals surface area contributed by atoms with E-state index >= 15 is 0 Å². The van der Waals surface area contributed by atoms with E-state index in [-0.39, 0.29) is 5.54 Å². The van der Waals surface area contributed by atoms with E-state index in [0.717, 1.165) is 24.3 Å². The first-order valence-corrected chi connectivity index (χ1v) is 8.75. The monoisotopic (exact) mass is 401 g/mol. The molecular formula is C19H28ClNO6. The Morgan fingerprint density at radius 3 is 2.33 bits per heavy atom. The Balaban J connectivity index is 0.000000972. The van der Waals surface area contributed by atoms with Crippen LogP contribution in [0.25, 0.3) is 0 Å². The van der Waals surface area contributed by atoms with Crippen molar-refractivity contribution in [3.63, 3.8) is 0 Å². The topological polar surface area (TPSA) is 105 Å². The summed E-state index contributed by atoms with van der Waals surface area (Å²) in [6.45, 7) is 12.8. The summed E-state index contributed by atoms with van der Waals surface area (Å²) in [5.41, 5.74) is 1.18. The number of carboxylic acid groups (broad SMARTS) is 2. The first-order chi connectivity index (χ1) is 12.6. The Morgan fingerprint density at radius 1 is 1.19 bits per heavy atom. The molecule has 0 fully saturated rings. The zero-order chi connectivity index (χ0) is 20.9. The van der Waals surface area contributed by atoms with Crippen LogP contribution < -0.4 is 10.1 Å². The Morgan fingerprint density at radius 2 is 1.81 bits per heavy atom. The maximum atomic E-state index is 9.10. The lowest BCUT2D eigenvalue weighted by Crippen LogP contribution is -2.38. The van der Waals surface area contributed by atoms with Gasteiger partial charge in [0.25, 0.3) is 0 Å². The van der Waals surface area contributed by atoms with Crippen molar-refractivity contribution < 1.29 is 29.3 Å². The maximum Gasteiger partial charge on any atom is 0.414 e. The quantitative estimate of drug-likeness (QED) is 0.332. The lowest BCUT2D eigenvalue weighted by Gasteiger charge is -2.20. The average Bonchev–Trinajstić information content (AvgIpc) is 2.55. The Hall–Kier alpha value is -2.09. The third-order valence-electron chi connectivity index (χ3n) is 2.96. The van der Waals surface area contributed by atoms with Gasteiger partial charge in [-0.1, -0.05) is 17.7 Å². The molecule has 0 saturated carbocycles. The van der Waals surface area contributed by atoms with Crippen molar-refractivity contribution in [1.82, 2.24) is 5.32 Å². The molecule has 152 valence electrons. The number of nitrogens with one attached hydrogen (secondary N) is 1. The number of ether oxygens (including phenoxy) is 2. The van der Waals surface area contributed by atoms with Gasteiger partial charge in [-0.05, 0) is 51.0 Å². The van der Waals surface area contributed by atoms with Gasteiger partial charge in [0.1, 0.15) is 12.4 Å². The summed E-state index contributed by atoms with van der Waals surface area (Å²) in [6, 6.07) is 5.63. The van der Waals surface area contributed by atoms with Crippen LogP contribution in [-0.4, -0.2) is 54.1 Å². The second-order valence-corrected chi connectivity index (χ2v) is 6.93. The van der Waals surface area contributed by atoms with E-state index in [1.165, 1.54) is 0 Å². The normalized spacial score (nSPS) is 10.5. The molecule has 8 heteroatoms. The molecule has 0 aliphatic heterocycles. The van der Waals surface area contributed by atoms with Gasteiger partial charge in [-0.25, -0.2) is 9.59 Å². The summed E-state index contributed by atoms with van der Waals surface area (Å²) in [7, 11) is 0. The van der Waals surface area contributed by atoms with E-state index in [1.807, 2.05) is 24.3 Å². The third kappa shape index (κ3) is 13.7. The number of allylic oxidation sites excluding steroid dienone is 1. The summed E-state index contributed by atoms with van der Waals surface area (Å²) in [5.74, 6) is -2.80. The van der Waals surface area contributed by atoms with Gasteiger partial charge in [0.2, 0.25) is 0 Å². The molecule has 0 bridgehead atoms. The third-order valence-corrected chi connectivity index (χ3v) is 3.19. The lowest BCUT2D eigenvalue weighted by atomic mass is 10.1. The number of hydrogen-bond donors (Lipinski definition) is 3. The second kappa shape index (κ2) is 13.1. The second-order valence-electron chi connectivity index (χ2n) is 6.49. The van der Waals surface area contributed by atoms with E-state index in [0.29, 0.717) is 24.8 Å². The zero-order valence-electron chi connectivity index (χ0n) is 16.0. The van der Waals surface area contributed by atoms with Crippen LogP contribution in [0.5, 0.6) is 5.75 Å². The number of aliphatic carboxylic acids is 2. The molecule has 27 heavy (non-hydrogen) atoms. The molecule has 1 aromatic carbocycles. The molecule has 0 aromatic heterocycles. The highest BCUT2D eigenvalue weighted by molar-refractivity contribution is 6.30. The van der Waals surface area contributed by atoms with Crippen LogP contribution in [0, 0.1) is 0 Å². The smallest absolute Gasteiger partial charge is 0.414 e. The van der Waals surface area contributed by atoms with Crippen molar-refractivity contribution in [2.75, 3.05) is 26.4 Å². The molecule has 0 unspecified atom stereocenters. The summed E-state index contributed by atoms with van der Waals surface area (Å²) in [4.78, 5) is 18.2. The molecule has 0 aliphatic rings. The van der Waals surface area contributed by atoms with Crippen molar-refractivity contribution in [2.24, 2.45) is 0 Å². The van der Waals surface area contributed by atoms with Gasteiger partial charge in [0.15, 0.2) is 0 Å². The van der Waals surface area contributed by atoms with E-state index in [2.05, 4.69) is 32.7 Å². The SMILES string of the molecule is C=CCc1cc(Cl)ccc1OCCOCCNC(C)(C)C.O=C(O)C(=O)O. The van der Waals surface area contributed by atoms with Crippen LogP contribution in [-0.2, 0) is 20.7 Å². The molecular weight excluding hydrogens is 374 g/mol. The predicted molar refractivity (Wildman–Crippen MR) is 105 cm³/mol. The van der Waals surface area contributed by atoms with Gasteiger partial charge in [0.05, 0.1) is 13.2 Å². The molecule has 0 aliphatic carbocycles. The van der Waals surface area contributed by atoms with Gasteiger partial charge >= 0.3 is 11.9 Å². The van der Waals surface area contributed by atoms with Gasteiger partial charge in [-0.15, -0.1) is 6.58 Å². The maximum absolute atomic E-state index is 9.10. The van der Waals surface area contributed by atoms with Crippen molar-refractivity contribution in [2.45, 2.75) is 32.7 Å². The number of carboxylic acids is 2. The number of halogens is 1. The van der Waals surface area contributed by atoms with Gasteiger partial charge in [-0.2, -0.15) is 0 Å². The number of carbonyl (C=O) groups is 2. The Kier molecular flexibility index (Phi) is 12.1. The van der Waals surface area contributed by atoms with Crippen LogP contribution in [0.1, 0.15) is 26.3 Å². The van der Waals surface area contributed by atoms with Crippen molar-refractivity contribution in [3.8, 4) is 5.75 Å². The van der Waals surface area contributed by atoms with Gasteiger partial charge < -0.3 is 25.0 Å². The summed E-state index contributed by atoms with van der Waals surface area (Å²) in [6.07, 6.45) is 2.58. The van der Waals surface area contributed by atoms with Crippen LogP contribution in [0.15, 0.2) is 30.9 Å². The molecule has 0 radical (unpaired) electrons. The molecule has 0 spiro atoms. The lowest BCUT2D eigenvalue weighted by molar-refractivity contribution is -0.159. The molecule has 3 N–H and O–H groups in total. The highest BCUT2D eigenvalue weighted by atomic mass is 35.5. The number of rotatable bonds is 9. The first-order valence-electron chi connectivity index (χ1n) is 8.38. The minimum Gasteiger partial charge on any atom is -0.491 e.